The summed E-state index contributed by atoms with van der Waals surface area (Å²) in [5.74, 6) is -9.18. The van der Waals surface area contributed by atoms with E-state index in [0.29, 0.717) is 12.7 Å². The Balaban J connectivity index is 4.42. The van der Waals surface area contributed by atoms with Crippen molar-refractivity contribution in [3.63, 3.8) is 0 Å². The number of likely N-dealkylation sites (N-methyl/N-ethyl adjacent to an activating group) is 7. The molecule has 1 heterocycles. The monoisotopic (exact) mass is 1230 g/mol. The van der Waals surface area contributed by atoms with Gasteiger partial charge < -0.3 is 65.5 Å². The van der Waals surface area contributed by atoms with Gasteiger partial charge in [-0.3, -0.25) is 47.9 Å². The average Bonchev–Trinajstić information content (AvgIpc) is 1.58. The van der Waals surface area contributed by atoms with E-state index in [1.165, 1.54) is 85.5 Å². The van der Waals surface area contributed by atoms with Gasteiger partial charge in [0, 0.05) is 55.4 Å². The molecule has 498 valence electrons. The maximum Gasteiger partial charge on any atom is 0.246 e. The molecule has 0 radical (unpaired) electrons. The fraction of sp³-hybridized carbons (Fsp3) is 0.797. The van der Waals surface area contributed by atoms with Gasteiger partial charge in [-0.25, -0.2) is 0 Å². The lowest BCUT2D eigenvalue weighted by Gasteiger charge is -2.41. The van der Waals surface area contributed by atoms with Crippen LogP contribution in [0.5, 0.6) is 0 Å². The predicted octanol–water partition coefficient (Wildman–Crippen LogP) is 3.70. The SMILES string of the molecule is CC=CCC(C)C(O)C1C(=O)NC(CC)C(=O)N(C)C(C)C(=O)N(CC)C(C(C)C)C(=O)NC(C(C)C)C(=O)N(C)C(CC(C)C)C(=O)NC(C)(C=O)CNC(C)C(=O)N(C)C(CC(C)C)C(=O)N(C)C(CC(C)C)C(=O)N(C)C(C(C)C)C(=O)N1C. The average molecular weight is 1230 g/mol. The van der Waals surface area contributed by atoms with Crippen LogP contribution in [0.3, 0.4) is 0 Å². The van der Waals surface area contributed by atoms with Crippen molar-refractivity contribution in [1.82, 2.24) is 55.6 Å². The molecule has 1 aliphatic heterocycles. The zero-order valence-corrected chi connectivity index (χ0v) is 57.6. The number of amides is 10. The number of rotatable bonds is 16. The van der Waals surface area contributed by atoms with Crippen molar-refractivity contribution < 1.29 is 57.8 Å². The minimum Gasteiger partial charge on any atom is -0.390 e. The first kappa shape index (κ1) is 79.0. The van der Waals surface area contributed by atoms with Crippen LogP contribution in [-0.2, 0) is 52.7 Å². The molecule has 0 aromatic carbocycles. The molecule has 1 fully saturated rings. The molecule has 10 amide bonds. The lowest BCUT2D eigenvalue weighted by molar-refractivity contribution is -0.157. The number of hydrogen-bond acceptors (Lipinski definition) is 13. The molecule has 0 saturated carbocycles. The molecule has 1 saturated heterocycles. The Labute approximate surface area is 521 Å². The Morgan fingerprint density at radius 3 is 1.43 bits per heavy atom. The van der Waals surface area contributed by atoms with Crippen LogP contribution in [0, 0.1) is 41.4 Å². The van der Waals surface area contributed by atoms with Gasteiger partial charge in [-0.2, -0.15) is 0 Å². The zero-order chi connectivity index (χ0) is 67.6. The Morgan fingerprint density at radius 1 is 0.540 bits per heavy atom. The molecule has 0 spiro atoms. The fourth-order valence-electron chi connectivity index (χ4n) is 11.2. The van der Waals surface area contributed by atoms with Gasteiger partial charge in [-0.1, -0.05) is 109 Å². The van der Waals surface area contributed by atoms with Gasteiger partial charge in [-0.05, 0) is 108 Å². The number of carbonyl (C=O) groups is 11. The Kier molecular flexibility index (Phi) is 32.1. The van der Waals surface area contributed by atoms with E-state index in [2.05, 4.69) is 21.3 Å². The maximum absolute atomic E-state index is 15.2. The molecular formula is C64H115N11O12. The van der Waals surface area contributed by atoms with Crippen LogP contribution in [0.25, 0.3) is 0 Å². The van der Waals surface area contributed by atoms with Crippen LogP contribution in [0.2, 0.25) is 0 Å². The first-order chi connectivity index (χ1) is 40.2. The summed E-state index contributed by atoms with van der Waals surface area (Å²) < 4.78 is 0. The van der Waals surface area contributed by atoms with E-state index < -0.39 is 155 Å². The van der Waals surface area contributed by atoms with Crippen LogP contribution in [0.4, 0.5) is 0 Å². The molecule has 1 aliphatic rings. The maximum atomic E-state index is 15.2. The Hall–Kier alpha value is -5.97. The molecule has 5 N–H and O–H groups in total. The number of nitrogens with one attached hydrogen (secondary N) is 4. The number of aliphatic hydroxyl groups is 1. The number of carbonyl (C=O) groups excluding carboxylic acids is 11. The second kappa shape index (κ2) is 35.3. The summed E-state index contributed by atoms with van der Waals surface area (Å²) in [4.78, 5) is 170. The van der Waals surface area contributed by atoms with E-state index >= 15 is 14.4 Å². The number of allylic oxidation sites excluding steroid dienone is 2. The summed E-state index contributed by atoms with van der Waals surface area (Å²) in [7, 11) is 8.62. The molecular weight excluding hydrogens is 1110 g/mol. The highest BCUT2D eigenvalue weighted by Gasteiger charge is 2.46. The first-order valence-electron chi connectivity index (χ1n) is 31.5. The molecule has 23 heteroatoms. The highest BCUT2D eigenvalue weighted by molar-refractivity contribution is 5.99. The van der Waals surface area contributed by atoms with E-state index in [4.69, 9.17) is 0 Å². The molecule has 0 aromatic heterocycles. The normalized spacial score (nSPS) is 28.3. The molecule has 1 rings (SSSR count). The summed E-state index contributed by atoms with van der Waals surface area (Å²) >= 11 is 0. The molecule has 0 aliphatic carbocycles. The number of aliphatic hydroxyl groups excluding tert-OH is 1. The third kappa shape index (κ3) is 21.1. The van der Waals surface area contributed by atoms with Crippen molar-refractivity contribution in [3.8, 4) is 0 Å². The van der Waals surface area contributed by atoms with Crippen molar-refractivity contribution in [2.75, 3.05) is 55.4 Å². The lowest BCUT2D eigenvalue weighted by atomic mass is 9.91. The number of aldehydes is 1. The zero-order valence-electron chi connectivity index (χ0n) is 57.6. The van der Waals surface area contributed by atoms with Crippen LogP contribution >= 0.6 is 0 Å². The van der Waals surface area contributed by atoms with Gasteiger partial charge in [0.25, 0.3) is 0 Å². The second-order valence-corrected chi connectivity index (χ2v) is 26.9. The highest BCUT2D eigenvalue weighted by atomic mass is 16.3. The van der Waals surface area contributed by atoms with E-state index in [1.54, 1.807) is 82.2 Å². The quantitative estimate of drug-likeness (QED) is 0.109. The summed E-state index contributed by atoms with van der Waals surface area (Å²) in [5, 5.41) is 23.7. The summed E-state index contributed by atoms with van der Waals surface area (Å²) in [6.45, 7) is 32.8. The molecule has 13 unspecified atom stereocenters. The van der Waals surface area contributed by atoms with Crippen LogP contribution in [-0.4, -0.2) is 232 Å². The van der Waals surface area contributed by atoms with Gasteiger partial charge in [-0.15, -0.1) is 0 Å². The standard InChI is InChI=1S/C64H115N11O12/c1-26-29-30-42(16)53(77)52-56(80)66-45(27-2)59(83)69(20)44(18)58(82)75(28-3)50(40(12)13)55(79)67-49(39(10)11)62(86)70(21)46(31-36(4)5)54(78)68-64(19,35-76)34-65-43(17)57(81)71(22)47(32-37(6)7)60(84)72(23)48(33-38(8)9)61(85)73(24)51(41(14)15)63(87)74(52)25/h26,29,35-53,65,77H,27-28,30-34H2,1-25H3,(H,66,80)(H,67,79)(H,68,78). The summed E-state index contributed by atoms with van der Waals surface area (Å²) in [6, 6.07) is -12.2. The summed E-state index contributed by atoms with van der Waals surface area (Å²) in [6.07, 6.45) is 3.45. The smallest absolute Gasteiger partial charge is 0.246 e. The van der Waals surface area contributed by atoms with Crippen molar-refractivity contribution in [2.45, 2.75) is 236 Å². The fourth-order valence-corrected chi connectivity index (χ4v) is 11.2. The van der Waals surface area contributed by atoms with Gasteiger partial charge in [0.15, 0.2) is 0 Å². The van der Waals surface area contributed by atoms with Gasteiger partial charge in [0.2, 0.25) is 59.1 Å². The third-order valence-electron chi connectivity index (χ3n) is 16.9. The van der Waals surface area contributed by atoms with Gasteiger partial charge >= 0.3 is 0 Å². The Bertz CT molecular complexity index is 2380. The first-order valence-corrected chi connectivity index (χ1v) is 31.5. The van der Waals surface area contributed by atoms with Crippen LogP contribution in [0.15, 0.2) is 12.2 Å². The number of hydrogen-bond donors (Lipinski definition) is 5. The predicted molar refractivity (Wildman–Crippen MR) is 338 cm³/mol. The van der Waals surface area contributed by atoms with Crippen LogP contribution < -0.4 is 21.3 Å². The Morgan fingerprint density at radius 2 is 0.989 bits per heavy atom. The highest BCUT2D eigenvalue weighted by Crippen LogP contribution is 2.26. The number of nitrogens with zero attached hydrogens (tertiary/aromatic N) is 7. The van der Waals surface area contributed by atoms with E-state index in [-0.39, 0.29) is 56.5 Å². The molecule has 0 bridgehead atoms. The molecule has 13 atom stereocenters. The summed E-state index contributed by atoms with van der Waals surface area (Å²) in [5.41, 5.74) is -1.63. The molecule has 23 nitrogen and oxygen atoms in total. The van der Waals surface area contributed by atoms with E-state index in [1.807, 2.05) is 47.6 Å². The second-order valence-electron chi connectivity index (χ2n) is 26.9. The molecule has 0 aromatic rings. The minimum absolute atomic E-state index is 0.00951. The van der Waals surface area contributed by atoms with Gasteiger partial charge in [0.1, 0.15) is 66.2 Å². The third-order valence-corrected chi connectivity index (χ3v) is 16.9. The minimum atomic E-state index is -1.63. The van der Waals surface area contributed by atoms with Crippen molar-refractivity contribution in [3.05, 3.63) is 12.2 Å². The van der Waals surface area contributed by atoms with Crippen molar-refractivity contribution in [2.24, 2.45) is 41.4 Å². The largest absolute Gasteiger partial charge is 0.390 e. The molecule has 87 heavy (non-hydrogen) atoms. The van der Waals surface area contributed by atoms with E-state index in [0.717, 1.165) is 4.90 Å². The van der Waals surface area contributed by atoms with Crippen LogP contribution in [0.1, 0.15) is 164 Å². The van der Waals surface area contributed by atoms with Crippen molar-refractivity contribution >= 4 is 65.4 Å². The van der Waals surface area contributed by atoms with Crippen molar-refractivity contribution in [1.29, 1.82) is 0 Å². The topological polar surface area (TPSA) is 279 Å². The van der Waals surface area contributed by atoms with E-state index in [9.17, 15) is 43.5 Å². The van der Waals surface area contributed by atoms with Gasteiger partial charge in [0.05, 0.1) is 12.1 Å². The lowest BCUT2D eigenvalue weighted by Crippen LogP contribution is -2.64.